The molecule has 0 atom stereocenters. The largest absolute Gasteiger partial charge is 0.478 e. The number of benzene rings is 1. The number of hydrogen-bond acceptors (Lipinski definition) is 5. The van der Waals surface area contributed by atoms with Crippen molar-refractivity contribution in [1.82, 2.24) is 14.9 Å². The van der Waals surface area contributed by atoms with Gasteiger partial charge in [0.05, 0.1) is 5.56 Å². The lowest BCUT2D eigenvalue weighted by Gasteiger charge is -2.34. The van der Waals surface area contributed by atoms with Gasteiger partial charge in [-0.1, -0.05) is 12.1 Å². The van der Waals surface area contributed by atoms with Gasteiger partial charge in [0.15, 0.2) is 0 Å². The molecule has 128 valence electrons. The Morgan fingerprint density at radius 1 is 1.00 bits per heavy atom. The van der Waals surface area contributed by atoms with Gasteiger partial charge in [0.1, 0.15) is 0 Å². The number of carboxylic acid groups (broad SMARTS) is 1. The van der Waals surface area contributed by atoms with E-state index in [1.165, 1.54) is 18.2 Å². The maximum Gasteiger partial charge on any atom is 0.335 e. The van der Waals surface area contributed by atoms with Crippen molar-refractivity contribution in [2.45, 2.75) is 0 Å². The number of rotatable bonds is 4. The first-order chi connectivity index (χ1) is 12.1. The fourth-order valence-corrected chi connectivity index (χ4v) is 2.59. The molecule has 1 aromatic heterocycles. The molecule has 0 unspecified atom stereocenters. The van der Waals surface area contributed by atoms with E-state index >= 15 is 0 Å². The van der Waals surface area contributed by atoms with Crippen molar-refractivity contribution in [3.8, 4) is 0 Å². The van der Waals surface area contributed by atoms with Crippen LogP contribution in [0.1, 0.15) is 15.9 Å². The van der Waals surface area contributed by atoms with Crippen LogP contribution in [0.3, 0.4) is 0 Å². The predicted octanol–water partition coefficient (Wildman–Crippen LogP) is 1.54. The molecule has 2 heterocycles. The maximum atomic E-state index is 12.3. The molecule has 3 rings (SSSR count). The molecule has 1 fully saturated rings. The van der Waals surface area contributed by atoms with Crippen LogP contribution in [0.25, 0.3) is 6.08 Å². The normalized spacial score (nSPS) is 14.7. The highest BCUT2D eigenvalue weighted by molar-refractivity contribution is 5.92. The minimum atomic E-state index is -0.966. The molecule has 0 radical (unpaired) electrons. The van der Waals surface area contributed by atoms with E-state index in [1.54, 1.807) is 41.6 Å². The first kappa shape index (κ1) is 16.6. The van der Waals surface area contributed by atoms with Gasteiger partial charge in [-0.3, -0.25) is 4.79 Å². The Morgan fingerprint density at radius 3 is 2.24 bits per heavy atom. The summed E-state index contributed by atoms with van der Waals surface area (Å²) in [4.78, 5) is 35.4. The maximum absolute atomic E-state index is 12.3. The van der Waals surface area contributed by atoms with Gasteiger partial charge in [-0.15, -0.1) is 0 Å². The van der Waals surface area contributed by atoms with E-state index in [9.17, 15) is 9.59 Å². The van der Waals surface area contributed by atoms with E-state index in [0.717, 1.165) is 5.56 Å². The Morgan fingerprint density at radius 2 is 1.64 bits per heavy atom. The highest BCUT2D eigenvalue weighted by atomic mass is 16.4. The van der Waals surface area contributed by atoms with Crippen molar-refractivity contribution in [2.75, 3.05) is 31.1 Å². The van der Waals surface area contributed by atoms with E-state index < -0.39 is 5.97 Å². The van der Waals surface area contributed by atoms with E-state index in [4.69, 9.17) is 5.11 Å². The van der Waals surface area contributed by atoms with E-state index in [-0.39, 0.29) is 11.5 Å². The van der Waals surface area contributed by atoms with Gasteiger partial charge in [-0.25, -0.2) is 14.8 Å². The number of carbonyl (C=O) groups excluding carboxylic acids is 1. The van der Waals surface area contributed by atoms with E-state index in [0.29, 0.717) is 32.1 Å². The smallest absolute Gasteiger partial charge is 0.335 e. The fraction of sp³-hybridized carbons (Fsp3) is 0.222. The third kappa shape index (κ3) is 4.20. The number of aromatic carboxylic acids is 1. The molecule has 1 aromatic carbocycles. The van der Waals surface area contributed by atoms with Crippen molar-refractivity contribution in [2.24, 2.45) is 0 Å². The Labute approximate surface area is 145 Å². The molecule has 7 heteroatoms. The van der Waals surface area contributed by atoms with E-state index in [2.05, 4.69) is 14.9 Å². The number of nitrogens with zero attached hydrogens (tertiary/aromatic N) is 4. The van der Waals surface area contributed by atoms with Crippen molar-refractivity contribution >= 4 is 23.9 Å². The average molecular weight is 338 g/mol. The highest BCUT2D eigenvalue weighted by Crippen LogP contribution is 2.11. The minimum Gasteiger partial charge on any atom is -0.478 e. The molecule has 1 amide bonds. The zero-order valence-corrected chi connectivity index (χ0v) is 13.6. The summed E-state index contributed by atoms with van der Waals surface area (Å²) in [5.41, 5.74) is 1.01. The predicted molar refractivity (Wildman–Crippen MR) is 93.3 cm³/mol. The minimum absolute atomic E-state index is 0.0593. The number of anilines is 1. The quantitative estimate of drug-likeness (QED) is 0.851. The van der Waals surface area contributed by atoms with Gasteiger partial charge in [-0.2, -0.15) is 0 Å². The fourth-order valence-electron chi connectivity index (χ4n) is 2.59. The van der Waals surface area contributed by atoms with Crippen LogP contribution in [0.4, 0.5) is 5.95 Å². The first-order valence-corrected chi connectivity index (χ1v) is 7.96. The number of carbonyl (C=O) groups is 2. The van der Waals surface area contributed by atoms with Crippen LogP contribution in [-0.2, 0) is 4.79 Å². The van der Waals surface area contributed by atoms with Gasteiger partial charge in [-0.05, 0) is 29.8 Å². The molecule has 0 saturated carbocycles. The molecule has 25 heavy (non-hydrogen) atoms. The SMILES string of the molecule is O=C(O)c1ccc(C=CC(=O)N2CCN(c3ncccn3)CC2)cc1. The second-order valence-electron chi connectivity index (χ2n) is 5.62. The molecule has 2 aromatic rings. The summed E-state index contributed by atoms with van der Waals surface area (Å²) < 4.78 is 0. The van der Waals surface area contributed by atoms with Crippen LogP contribution in [0.2, 0.25) is 0 Å². The van der Waals surface area contributed by atoms with Crippen molar-refractivity contribution in [1.29, 1.82) is 0 Å². The van der Waals surface area contributed by atoms with Gasteiger partial charge in [0.25, 0.3) is 0 Å². The van der Waals surface area contributed by atoms with Gasteiger partial charge in [0, 0.05) is 44.6 Å². The van der Waals surface area contributed by atoms with Crippen LogP contribution in [-0.4, -0.2) is 58.0 Å². The Balaban J connectivity index is 1.55. The van der Waals surface area contributed by atoms with E-state index in [1.807, 2.05) is 0 Å². The first-order valence-electron chi connectivity index (χ1n) is 7.96. The summed E-state index contributed by atoms with van der Waals surface area (Å²) in [6.07, 6.45) is 6.63. The third-order valence-electron chi connectivity index (χ3n) is 4.00. The average Bonchev–Trinajstić information content (AvgIpc) is 2.67. The monoisotopic (exact) mass is 338 g/mol. The lowest BCUT2D eigenvalue weighted by molar-refractivity contribution is -0.126. The van der Waals surface area contributed by atoms with Crippen LogP contribution in [0.15, 0.2) is 48.8 Å². The van der Waals surface area contributed by atoms with Gasteiger partial charge in [0.2, 0.25) is 11.9 Å². The molecular weight excluding hydrogens is 320 g/mol. The molecule has 0 spiro atoms. The Hall–Kier alpha value is -3.22. The Bertz CT molecular complexity index is 767. The molecule has 7 nitrogen and oxygen atoms in total. The summed E-state index contributed by atoms with van der Waals surface area (Å²) in [5.74, 6) is -0.341. The lowest BCUT2D eigenvalue weighted by atomic mass is 10.1. The molecule has 1 saturated heterocycles. The summed E-state index contributed by atoms with van der Waals surface area (Å²) in [6.45, 7) is 2.60. The van der Waals surface area contributed by atoms with Crippen LogP contribution in [0, 0.1) is 0 Å². The number of piperazine rings is 1. The highest BCUT2D eigenvalue weighted by Gasteiger charge is 2.20. The molecule has 1 N–H and O–H groups in total. The van der Waals surface area contributed by atoms with Crippen molar-refractivity contribution < 1.29 is 14.7 Å². The van der Waals surface area contributed by atoms with Crippen LogP contribution in [0.5, 0.6) is 0 Å². The summed E-state index contributed by atoms with van der Waals surface area (Å²) in [7, 11) is 0. The second-order valence-corrected chi connectivity index (χ2v) is 5.62. The molecular formula is C18H18N4O3. The topological polar surface area (TPSA) is 86.6 Å². The second kappa shape index (κ2) is 7.57. The summed E-state index contributed by atoms with van der Waals surface area (Å²) in [6, 6.07) is 8.17. The standard InChI is InChI=1S/C18H18N4O3/c23-16(7-4-14-2-5-15(6-3-14)17(24)25)21-10-12-22(13-11-21)18-19-8-1-9-20-18/h1-9H,10-13H2,(H,24,25). The molecule has 1 aliphatic heterocycles. The zero-order chi connectivity index (χ0) is 17.6. The number of amides is 1. The van der Waals surface area contributed by atoms with Crippen molar-refractivity contribution in [3.05, 3.63) is 59.9 Å². The van der Waals surface area contributed by atoms with Crippen LogP contribution < -0.4 is 4.90 Å². The number of aromatic nitrogens is 2. The Kier molecular flexibility index (Phi) is 5.03. The van der Waals surface area contributed by atoms with Gasteiger partial charge < -0.3 is 14.9 Å². The molecule has 1 aliphatic rings. The number of hydrogen-bond donors (Lipinski definition) is 1. The lowest BCUT2D eigenvalue weighted by Crippen LogP contribution is -2.48. The summed E-state index contributed by atoms with van der Waals surface area (Å²) in [5, 5.41) is 8.88. The number of carboxylic acids is 1. The van der Waals surface area contributed by atoms with Gasteiger partial charge >= 0.3 is 5.97 Å². The zero-order valence-electron chi connectivity index (χ0n) is 13.6. The van der Waals surface area contributed by atoms with Crippen LogP contribution >= 0.6 is 0 Å². The van der Waals surface area contributed by atoms with Crippen molar-refractivity contribution in [3.63, 3.8) is 0 Å². The summed E-state index contributed by atoms with van der Waals surface area (Å²) >= 11 is 0. The molecule has 0 aliphatic carbocycles. The third-order valence-corrected chi connectivity index (χ3v) is 4.00. The molecule has 0 bridgehead atoms.